The number of nitrogens with one attached hydrogen (secondary N) is 1. The molecule has 1 fully saturated rings. The van der Waals surface area contributed by atoms with Crippen molar-refractivity contribution in [1.29, 1.82) is 0 Å². The summed E-state index contributed by atoms with van der Waals surface area (Å²) in [7, 11) is 0. The van der Waals surface area contributed by atoms with Crippen LogP contribution in [0.3, 0.4) is 0 Å². The molecule has 0 amide bonds. The second kappa shape index (κ2) is 9.29. The lowest BCUT2D eigenvalue weighted by Gasteiger charge is -2.28. The lowest BCUT2D eigenvalue weighted by molar-refractivity contribution is 0.565. The van der Waals surface area contributed by atoms with Crippen molar-refractivity contribution in [3.8, 4) is 5.69 Å². The summed E-state index contributed by atoms with van der Waals surface area (Å²) in [6.07, 6.45) is 1.84. The third-order valence-electron chi connectivity index (χ3n) is 6.37. The number of hydrogen-bond acceptors (Lipinski definition) is 2. The molecule has 2 aromatic carbocycles. The molecule has 0 aliphatic carbocycles. The van der Waals surface area contributed by atoms with Crippen LogP contribution in [0, 0.1) is 20.8 Å². The fraction of sp³-hybridized carbons (Fsp3) is 0.185. The first-order valence-corrected chi connectivity index (χ1v) is 13.1. The van der Waals surface area contributed by atoms with E-state index in [1.165, 1.54) is 22.5 Å². The summed E-state index contributed by atoms with van der Waals surface area (Å²) in [5.74, 6) is 0. The molecule has 1 saturated heterocycles. The fourth-order valence-corrected chi connectivity index (χ4v) is 5.81. The van der Waals surface area contributed by atoms with Gasteiger partial charge in [-0.15, -0.1) is 0 Å². The summed E-state index contributed by atoms with van der Waals surface area (Å²) in [6.45, 7) is 6.44. The molecule has 34 heavy (non-hydrogen) atoms. The van der Waals surface area contributed by atoms with Gasteiger partial charge in [0, 0.05) is 37.9 Å². The first-order valence-electron chi connectivity index (χ1n) is 11.1. The summed E-state index contributed by atoms with van der Waals surface area (Å²) in [5, 5.41) is 4.28. The summed E-state index contributed by atoms with van der Waals surface area (Å²) in [4.78, 5) is 6.93. The van der Waals surface area contributed by atoms with Gasteiger partial charge in [-0.05, 0) is 98.7 Å². The third-order valence-corrected chi connectivity index (χ3v) is 8.07. The smallest absolute Gasteiger partial charge is 0.174 e. The van der Waals surface area contributed by atoms with Gasteiger partial charge in [0.05, 0.1) is 17.8 Å². The molecule has 0 radical (unpaired) electrons. The van der Waals surface area contributed by atoms with Gasteiger partial charge >= 0.3 is 0 Å². The van der Waals surface area contributed by atoms with Crippen LogP contribution in [-0.2, 0) is 0 Å². The van der Waals surface area contributed by atoms with Gasteiger partial charge in [-0.1, -0.05) is 44.0 Å². The number of aryl methyl sites for hydroxylation is 2. The van der Waals surface area contributed by atoms with E-state index < -0.39 is 0 Å². The second-order valence-electron chi connectivity index (χ2n) is 8.57. The average molecular weight is 596 g/mol. The highest BCUT2D eigenvalue weighted by Gasteiger charge is 2.42. The lowest BCUT2D eigenvalue weighted by Crippen LogP contribution is -2.29. The number of anilines is 1. The molecular formula is C27H24Br2N4S. The van der Waals surface area contributed by atoms with E-state index in [1.807, 2.05) is 24.4 Å². The Morgan fingerprint density at radius 2 is 1.74 bits per heavy atom. The van der Waals surface area contributed by atoms with Gasteiger partial charge in [0.15, 0.2) is 5.11 Å². The number of hydrogen-bond donors (Lipinski definition) is 1. The van der Waals surface area contributed by atoms with E-state index in [-0.39, 0.29) is 12.1 Å². The molecule has 2 atom stereocenters. The van der Waals surface area contributed by atoms with E-state index in [0.717, 1.165) is 26.0 Å². The highest BCUT2D eigenvalue weighted by atomic mass is 79.9. The minimum atomic E-state index is -0.0749. The Bertz CT molecular complexity index is 1380. The van der Waals surface area contributed by atoms with Crippen LogP contribution in [0.5, 0.6) is 0 Å². The predicted octanol–water partition coefficient (Wildman–Crippen LogP) is 7.50. The zero-order chi connectivity index (χ0) is 24.0. The number of nitrogens with zero attached hydrogens (tertiary/aromatic N) is 3. The Labute approximate surface area is 222 Å². The van der Waals surface area contributed by atoms with Crippen LogP contribution in [0.2, 0.25) is 0 Å². The van der Waals surface area contributed by atoms with E-state index in [1.54, 1.807) is 0 Å². The molecular weight excluding hydrogens is 572 g/mol. The Kier molecular flexibility index (Phi) is 6.35. The molecule has 1 N–H and O–H groups in total. The molecule has 0 saturated carbocycles. The van der Waals surface area contributed by atoms with Crippen molar-refractivity contribution in [3.05, 3.63) is 110 Å². The van der Waals surface area contributed by atoms with Gasteiger partial charge in [-0.3, -0.25) is 4.98 Å². The minimum Gasteiger partial charge on any atom is -0.351 e. The Morgan fingerprint density at radius 3 is 2.44 bits per heavy atom. The molecule has 4 aromatic rings. The average Bonchev–Trinajstić information content (AvgIpc) is 3.31. The number of rotatable bonds is 4. The normalized spacial score (nSPS) is 17.8. The topological polar surface area (TPSA) is 33.1 Å². The van der Waals surface area contributed by atoms with E-state index in [4.69, 9.17) is 17.2 Å². The minimum absolute atomic E-state index is 0.0462. The molecule has 0 spiro atoms. The van der Waals surface area contributed by atoms with Gasteiger partial charge in [0.1, 0.15) is 0 Å². The van der Waals surface area contributed by atoms with Crippen molar-refractivity contribution in [3.63, 3.8) is 0 Å². The van der Waals surface area contributed by atoms with Crippen molar-refractivity contribution in [2.24, 2.45) is 0 Å². The standard InChI is InChI=1S/C27H24Br2N4S/c1-16-13-21(10-11-23(16)29)33-26(25(31-27(33)34)24-9-4-5-12-30-24)22-14-17(2)32(18(22)3)20-8-6-7-19(28)15-20/h4-15,25-26H,1-3H3,(H,31,34)/t25-,26+/m1/s1. The van der Waals surface area contributed by atoms with E-state index in [0.29, 0.717) is 5.11 Å². The zero-order valence-corrected chi connectivity index (χ0v) is 23.1. The van der Waals surface area contributed by atoms with Crippen molar-refractivity contribution >= 4 is 54.9 Å². The molecule has 2 aromatic heterocycles. The van der Waals surface area contributed by atoms with Crippen LogP contribution in [0.1, 0.15) is 40.3 Å². The number of pyridine rings is 1. The monoisotopic (exact) mass is 594 g/mol. The van der Waals surface area contributed by atoms with Gasteiger partial charge in [-0.25, -0.2) is 0 Å². The largest absolute Gasteiger partial charge is 0.351 e. The van der Waals surface area contributed by atoms with E-state index >= 15 is 0 Å². The summed E-state index contributed by atoms with van der Waals surface area (Å²) in [6, 6.07) is 23.0. The SMILES string of the molecule is Cc1cc(N2C(=S)N[C@H](c3ccccn3)[C@@H]2c2cc(C)n(-c3cccc(Br)c3)c2C)ccc1Br. The van der Waals surface area contributed by atoms with E-state index in [2.05, 4.69) is 116 Å². The van der Waals surface area contributed by atoms with Crippen LogP contribution in [0.25, 0.3) is 5.69 Å². The van der Waals surface area contributed by atoms with Gasteiger partial charge < -0.3 is 14.8 Å². The highest BCUT2D eigenvalue weighted by molar-refractivity contribution is 9.10. The van der Waals surface area contributed by atoms with Gasteiger partial charge in [0.25, 0.3) is 0 Å². The molecule has 1 aliphatic rings. The molecule has 0 bridgehead atoms. The summed E-state index contributed by atoms with van der Waals surface area (Å²) in [5.41, 5.74) is 7.92. The van der Waals surface area contributed by atoms with Crippen molar-refractivity contribution in [2.75, 3.05) is 4.90 Å². The Balaban J connectivity index is 1.69. The first kappa shape index (κ1) is 23.3. The van der Waals surface area contributed by atoms with E-state index in [9.17, 15) is 0 Å². The molecule has 172 valence electrons. The van der Waals surface area contributed by atoms with Crippen LogP contribution < -0.4 is 10.2 Å². The number of benzene rings is 2. The molecule has 3 heterocycles. The number of aromatic nitrogens is 2. The summed E-state index contributed by atoms with van der Waals surface area (Å²) >= 11 is 13.2. The van der Waals surface area contributed by atoms with Gasteiger partial charge in [-0.2, -0.15) is 0 Å². The van der Waals surface area contributed by atoms with Crippen LogP contribution in [-0.4, -0.2) is 14.7 Å². The molecule has 7 heteroatoms. The second-order valence-corrected chi connectivity index (χ2v) is 10.7. The quantitative estimate of drug-likeness (QED) is 0.248. The summed E-state index contributed by atoms with van der Waals surface area (Å²) < 4.78 is 4.45. The highest BCUT2D eigenvalue weighted by Crippen LogP contribution is 2.44. The van der Waals surface area contributed by atoms with Crippen LogP contribution in [0.15, 0.2) is 81.9 Å². The van der Waals surface area contributed by atoms with Crippen molar-refractivity contribution in [1.82, 2.24) is 14.9 Å². The maximum absolute atomic E-state index is 5.91. The Hall–Kier alpha value is -2.48. The van der Waals surface area contributed by atoms with Gasteiger partial charge in [0.2, 0.25) is 0 Å². The first-order chi connectivity index (χ1) is 16.3. The predicted molar refractivity (Wildman–Crippen MR) is 150 cm³/mol. The van der Waals surface area contributed by atoms with Crippen LogP contribution in [0.4, 0.5) is 5.69 Å². The number of thiocarbonyl (C=S) groups is 1. The number of halogens is 2. The van der Waals surface area contributed by atoms with Crippen molar-refractivity contribution in [2.45, 2.75) is 32.9 Å². The molecule has 4 nitrogen and oxygen atoms in total. The molecule has 0 unspecified atom stereocenters. The van der Waals surface area contributed by atoms with Crippen LogP contribution >= 0.6 is 44.1 Å². The molecule has 1 aliphatic heterocycles. The maximum Gasteiger partial charge on any atom is 0.174 e. The van der Waals surface area contributed by atoms with Crippen molar-refractivity contribution < 1.29 is 0 Å². The third kappa shape index (κ3) is 4.10. The Morgan fingerprint density at radius 1 is 0.912 bits per heavy atom. The fourth-order valence-electron chi connectivity index (χ4n) is 4.83. The zero-order valence-electron chi connectivity index (χ0n) is 19.1. The molecule has 5 rings (SSSR count). The lowest BCUT2D eigenvalue weighted by atomic mass is 9.96. The maximum atomic E-state index is 5.91.